The topological polar surface area (TPSA) is 49.1 Å². The van der Waals surface area contributed by atoms with Crippen molar-refractivity contribution in [1.29, 1.82) is 5.26 Å². The van der Waals surface area contributed by atoms with Crippen molar-refractivity contribution in [2.24, 2.45) is 5.92 Å². The van der Waals surface area contributed by atoms with Crippen molar-refractivity contribution in [3.05, 3.63) is 23.9 Å². The molecule has 4 heteroatoms. The van der Waals surface area contributed by atoms with E-state index in [0.29, 0.717) is 11.5 Å². The van der Waals surface area contributed by atoms with Gasteiger partial charge in [-0.15, -0.1) is 0 Å². The van der Waals surface area contributed by atoms with Gasteiger partial charge in [0.25, 0.3) is 0 Å². The van der Waals surface area contributed by atoms with E-state index in [0.717, 1.165) is 32.0 Å². The molecule has 1 fully saturated rings. The average molecular weight is 231 g/mol. The molecule has 1 aromatic heterocycles. The molecular formula is C13H17N3O. The smallest absolute Gasteiger partial charge is 0.146 e. The second-order valence-electron chi connectivity index (χ2n) is 4.45. The van der Waals surface area contributed by atoms with Crippen LogP contribution in [0.1, 0.15) is 18.4 Å². The Balaban J connectivity index is 2.03. The van der Waals surface area contributed by atoms with Gasteiger partial charge in [-0.1, -0.05) is 0 Å². The molecule has 1 aliphatic rings. The lowest BCUT2D eigenvalue weighted by Gasteiger charge is -2.28. The summed E-state index contributed by atoms with van der Waals surface area (Å²) in [6.07, 6.45) is 4.05. The highest BCUT2D eigenvalue weighted by Gasteiger charge is 2.17. The molecule has 0 N–H and O–H groups in total. The fourth-order valence-corrected chi connectivity index (χ4v) is 2.21. The third-order valence-electron chi connectivity index (χ3n) is 3.06. The van der Waals surface area contributed by atoms with E-state index in [1.54, 1.807) is 18.3 Å². The summed E-state index contributed by atoms with van der Waals surface area (Å²) in [7, 11) is 1.98. The van der Waals surface area contributed by atoms with Gasteiger partial charge in [-0.05, 0) is 30.9 Å². The minimum Gasteiger partial charge on any atom is -0.381 e. The van der Waals surface area contributed by atoms with Gasteiger partial charge in [0.15, 0.2) is 0 Å². The molecule has 0 radical (unpaired) electrons. The van der Waals surface area contributed by atoms with Crippen molar-refractivity contribution in [1.82, 2.24) is 4.98 Å². The van der Waals surface area contributed by atoms with E-state index < -0.39 is 0 Å². The van der Waals surface area contributed by atoms with Gasteiger partial charge in [0.05, 0.1) is 12.2 Å². The van der Waals surface area contributed by atoms with Crippen molar-refractivity contribution in [3.63, 3.8) is 0 Å². The van der Waals surface area contributed by atoms with Crippen LogP contribution in [0.15, 0.2) is 18.3 Å². The molecule has 90 valence electrons. The highest BCUT2D eigenvalue weighted by molar-refractivity contribution is 5.52. The SMILES string of the molecule is CN(CC1CCCOC1)c1ncccc1C#N. The van der Waals surface area contributed by atoms with Crippen LogP contribution in [0.3, 0.4) is 0 Å². The van der Waals surface area contributed by atoms with Crippen molar-refractivity contribution in [2.75, 3.05) is 31.7 Å². The molecule has 17 heavy (non-hydrogen) atoms. The van der Waals surface area contributed by atoms with Crippen LogP contribution in [0.25, 0.3) is 0 Å². The standard InChI is InChI=1S/C13H17N3O/c1-16(9-11-4-3-7-17-10-11)13-12(8-14)5-2-6-15-13/h2,5-6,11H,3-4,7,9-10H2,1H3. The van der Waals surface area contributed by atoms with Gasteiger partial charge in [-0.3, -0.25) is 0 Å². The van der Waals surface area contributed by atoms with Crippen LogP contribution in [-0.2, 0) is 4.74 Å². The minimum absolute atomic E-state index is 0.544. The Labute approximate surface area is 102 Å². The first kappa shape index (κ1) is 11.9. The van der Waals surface area contributed by atoms with Gasteiger partial charge in [0.2, 0.25) is 0 Å². The van der Waals surface area contributed by atoms with E-state index in [9.17, 15) is 0 Å². The normalized spacial score (nSPS) is 19.6. The average Bonchev–Trinajstić information content (AvgIpc) is 2.40. The van der Waals surface area contributed by atoms with Crippen LogP contribution >= 0.6 is 0 Å². The van der Waals surface area contributed by atoms with Crippen molar-refractivity contribution in [2.45, 2.75) is 12.8 Å². The van der Waals surface area contributed by atoms with E-state index in [4.69, 9.17) is 10.00 Å². The summed E-state index contributed by atoms with van der Waals surface area (Å²) in [4.78, 5) is 6.33. The Kier molecular flexibility index (Phi) is 3.94. The molecule has 4 nitrogen and oxygen atoms in total. The van der Waals surface area contributed by atoms with Crippen molar-refractivity contribution < 1.29 is 4.74 Å². The van der Waals surface area contributed by atoms with Gasteiger partial charge in [0.1, 0.15) is 11.9 Å². The van der Waals surface area contributed by atoms with Gasteiger partial charge >= 0.3 is 0 Å². The summed E-state index contributed by atoms with van der Waals surface area (Å²) >= 11 is 0. The lowest BCUT2D eigenvalue weighted by molar-refractivity contribution is 0.0576. The predicted octanol–water partition coefficient (Wildman–Crippen LogP) is 1.82. The molecule has 0 bridgehead atoms. The van der Waals surface area contributed by atoms with Crippen LogP contribution in [0.2, 0.25) is 0 Å². The van der Waals surface area contributed by atoms with Crippen LogP contribution in [-0.4, -0.2) is 31.8 Å². The molecule has 0 spiro atoms. The summed E-state index contributed by atoms with van der Waals surface area (Å²) in [5.41, 5.74) is 0.631. The second kappa shape index (κ2) is 5.65. The van der Waals surface area contributed by atoms with E-state index in [2.05, 4.69) is 16.0 Å². The Bertz CT molecular complexity index is 407. The lowest BCUT2D eigenvalue weighted by Crippen LogP contribution is -2.31. The molecule has 1 unspecified atom stereocenters. The zero-order chi connectivity index (χ0) is 12.1. The maximum Gasteiger partial charge on any atom is 0.146 e. The Morgan fingerprint density at radius 3 is 3.24 bits per heavy atom. The van der Waals surface area contributed by atoms with Gasteiger partial charge in [0, 0.05) is 26.4 Å². The summed E-state index contributed by atoms with van der Waals surface area (Å²) in [6, 6.07) is 5.77. The highest BCUT2D eigenvalue weighted by atomic mass is 16.5. The number of anilines is 1. The maximum atomic E-state index is 9.03. The van der Waals surface area contributed by atoms with E-state index >= 15 is 0 Å². The van der Waals surface area contributed by atoms with E-state index in [1.807, 2.05) is 7.05 Å². The molecule has 0 amide bonds. The summed E-state index contributed by atoms with van der Waals surface area (Å²) < 4.78 is 5.46. The zero-order valence-corrected chi connectivity index (χ0v) is 10.1. The van der Waals surface area contributed by atoms with Crippen molar-refractivity contribution in [3.8, 4) is 6.07 Å². The minimum atomic E-state index is 0.544. The monoisotopic (exact) mass is 231 g/mol. The number of ether oxygens (including phenoxy) is 1. The summed E-state index contributed by atoms with van der Waals surface area (Å²) in [6.45, 7) is 2.60. The Morgan fingerprint density at radius 1 is 1.65 bits per heavy atom. The maximum absolute atomic E-state index is 9.03. The van der Waals surface area contributed by atoms with Crippen LogP contribution < -0.4 is 4.90 Å². The molecule has 1 aromatic rings. The van der Waals surface area contributed by atoms with Crippen molar-refractivity contribution >= 4 is 5.82 Å². The third-order valence-corrected chi connectivity index (χ3v) is 3.06. The highest BCUT2D eigenvalue weighted by Crippen LogP contribution is 2.19. The number of hydrogen-bond donors (Lipinski definition) is 0. The predicted molar refractivity (Wildman–Crippen MR) is 65.8 cm³/mol. The van der Waals surface area contributed by atoms with E-state index in [-0.39, 0.29) is 0 Å². The van der Waals surface area contributed by atoms with Crippen LogP contribution in [0.5, 0.6) is 0 Å². The Hall–Kier alpha value is -1.60. The quantitative estimate of drug-likeness (QED) is 0.796. The largest absolute Gasteiger partial charge is 0.381 e. The molecule has 2 heterocycles. The van der Waals surface area contributed by atoms with Gasteiger partial charge in [-0.25, -0.2) is 4.98 Å². The first-order valence-corrected chi connectivity index (χ1v) is 5.95. The molecule has 1 atom stereocenters. The zero-order valence-electron chi connectivity index (χ0n) is 10.1. The van der Waals surface area contributed by atoms with Crippen LogP contribution in [0.4, 0.5) is 5.82 Å². The summed E-state index contributed by atoms with van der Waals surface area (Å²) in [5, 5.41) is 9.03. The molecular weight excluding hydrogens is 214 g/mol. The number of pyridine rings is 1. The number of hydrogen-bond acceptors (Lipinski definition) is 4. The molecule has 1 saturated heterocycles. The molecule has 0 aliphatic carbocycles. The lowest BCUT2D eigenvalue weighted by atomic mass is 10.0. The second-order valence-corrected chi connectivity index (χ2v) is 4.45. The number of aromatic nitrogens is 1. The molecule has 0 saturated carbocycles. The molecule has 2 rings (SSSR count). The summed E-state index contributed by atoms with van der Waals surface area (Å²) in [5.74, 6) is 1.31. The first-order chi connectivity index (χ1) is 8.31. The fourth-order valence-electron chi connectivity index (χ4n) is 2.21. The number of nitrogens with zero attached hydrogens (tertiary/aromatic N) is 3. The first-order valence-electron chi connectivity index (χ1n) is 5.95. The Morgan fingerprint density at radius 2 is 2.53 bits per heavy atom. The molecule has 0 aromatic carbocycles. The third kappa shape index (κ3) is 2.95. The fraction of sp³-hybridized carbons (Fsp3) is 0.538. The number of rotatable bonds is 3. The number of nitriles is 1. The molecule has 1 aliphatic heterocycles. The van der Waals surface area contributed by atoms with Crippen LogP contribution in [0, 0.1) is 17.2 Å². The van der Waals surface area contributed by atoms with Gasteiger partial charge in [-0.2, -0.15) is 5.26 Å². The van der Waals surface area contributed by atoms with E-state index in [1.165, 1.54) is 6.42 Å². The van der Waals surface area contributed by atoms with Gasteiger partial charge < -0.3 is 9.64 Å².